The number of piperidine rings is 1. The summed E-state index contributed by atoms with van der Waals surface area (Å²) in [6.45, 7) is 4.80. The van der Waals surface area contributed by atoms with Crippen molar-refractivity contribution in [3.05, 3.63) is 29.3 Å². The zero-order valence-electron chi connectivity index (χ0n) is 18.7. The molecule has 3 amide bonds. The highest BCUT2D eigenvalue weighted by atomic mass is 16.7. The van der Waals surface area contributed by atoms with Crippen LogP contribution in [0.1, 0.15) is 49.7 Å². The number of esters is 1. The number of hydrogen-bond donors (Lipinski definition) is 1. The SMILES string of the molecule is CCON1C(=O)CC(C(=O)OC)C12CCN(C(=O)CC1C(=O)Nc3ccc(C)cc31)CC2. The predicted molar refractivity (Wildman–Crippen MR) is 114 cm³/mol. The zero-order chi connectivity index (χ0) is 23.0. The summed E-state index contributed by atoms with van der Waals surface area (Å²) >= 11 is 0. The maximum Gasteiger partial charge on any atom is 0.311 e. The van der Waals surface area contributed by atoms with Crippen LogP contribution < -0.4 is 5.32 Å². The molecule has 1 aromatic rings. The molecule has 0 aliphatic carbocycles. The lowest BCUT2D eigenvalue weighted by atomic mass is 9.77. The van der Waals surface area contributed by atoms with E-state index in [0.29, 0.717) is 32.5 Å². The van der Waals surface area contributed by atoms with E-state index in [4.69, 9.17) is 9.57 Å². The van der Waals surface area contributed by atoms with Crippen molar-refractivity contribution < 1.29 is 28.8 Å². The van der Waals surface area contributed by atoms with Crippen molar-refractivity contribution in [1.82, 2.24) is 9.96 Å². The summed E-state index contributed by atoms with van der Waals surface area (Å²) < 4.78 is 4.96. The van der Waals surface area contributed by atoms with E-state index >= 15 is 0 Å². The third-order valence-corrected chi connectivity index (χ3v) is 6.92. The topological polar surface area (TPSA) is 105 Å². The van der Waals surface area contributed by atoms with Crippen molar-refractivity contribution in [2.45, 2.75) is 51.0 Å². The molecule has 9 heteroatoms. The minimum atomic E-state index is -0.814. The second-order valence-electron chi connectivity index (χ2n) is 8.71. The molecule has 4 rings (SSSR count). The van der Waals surface area contributed by atoms with E-state index in [1.165, 1.54) is 12.2 Å². The fraction of sp³-hybridized carbons (Fsp3) is 0.565. The van der Waals surface area contributed by atoms with Crippen molar-refractivity contribution in [1.29, 1.82) is 0 Å². The van der Waals surface area contributed by atoms with Gasteiger partial charge in [-0.3, -0.25) is 24.0 Å². The van der Waals surface area contributed by atoms with Crippen LogP contribution in [0.15, 0.2) is 18.2 Å². The van der Waals surface area contributed by atoms with Crippen LogP contribution in [0.4, 0.5) is 5.69 Å². The first-order chi connectivity index (χ1) is 15.3. The highest BCUT2D eigenvalue weighted by Gasteiger charge is 2.58. The quantitative estimate of drug-likeness (QED) is 0.696. The van der Waals surface area contributed by atoms with Gasteiger partial charge in [0.15, 0.2) is 0 Å². The van der Waals surface area contributed by atoms with Crippen LogP contribution in [0.3, 0.4) is 0 Å². The van der Waals surface area contributed by atoms with Crippen molar-refractivity contribution >= 4 is 29.4 Å². The van der Waals surface area contributed by atoms with Crippen molar-refractivity contribution in [2.75, 3.05) is 32.1 Å². The van der Waals surface area contributed by atoms with Gasteiger partial charge in [0.2, 0.25) is 17.7 Å². The Morgan fingerprint density at radius 3 is 2.59 bits per heavy atom. The van der Waals surface area contributed by atoms with E-state index in [-0.39, 0.29) is 30.6 Å². The fourth-order valence-corrected chi connectivity index (χ4v) is 5.26. The molecular formula is C23H29N3O6. The standard InChI is InChI=1S/C23H29N3O6/c1-4-32-26-20(28)13-17(22(30)31-3)23(26)7-9-25(10-8-23)19(27)12-16-15-11-14(2)5-6-18(15)24-21(16)29/h5-6,11,16-17H,4,7-10,12-13H2,1-3H3,(H,24,29). The molecule has 0 bridgehead atoms. The number of carbonyl (C=O) groups excluding carboxylic acids is 4. The van der Waals surface area contributed by atoms with Gasteiger partial charge < -0.3 is 15.0 Å². The Morgan fingerprint density at radius 2 is 1.94 bits per heavy atom. The second-order valence-corrected chi connectivity index (χ2v) is 8.71. The van der Waals surface area contributed by atoms with Gasteiger partial charge in [0.1, 0.15) is 0 Å². The molecule has 0 radical (unpaired) electrons. The number of rotatable bonds is 5. The normalized spacial score (nSPS) is 24.0. The first-order valence-electron chi connectivity index (χ1n) is 11.0. The molecular weight excluding hydrogens is 414 g/mol. The largest absolute Gasteiger partial charge is 0.469 e. The number of hydrogen-bond acceptors (Lipinski definition) is 6. The van der Waals surface area contributed by atoms with Gasteiger partial charge in [-0.2, -0.15) is 0 Å². The molecule has 2 atom stereocenters. The first kappa shape index (κ1) is 22.3. The Bertz CT molecular complexity index is 953. The van der Waals surface area contributed by atoms with Crippen LogP contribution in [0.2, 0.25) is 0 Å². The smallest absolute Gasteiger partial charge is 0.311 e. The van der Waals surface area contributed by atoms with E-state index in [2.05, 4.69) is 5.32 Å². The summed E-state index contributed by atoms with van der Waals surface area (Å²) in [4.78, 5) is 57.9. The summed E-state index contributed by atoms with van der Waals surface area (Å²) in [6, 6.07) is 5.74. The first-order valence-corrected chi connectivity index (χ1v) is 11.0. The number of anilines is 1. The van der Waals surface area contributed by atoms with Crippen molar-refractivity contribution in [3.8, 4) is 0 Å². The lowest BCUT2D eigenvalue weighted by Gasteiger charge is -2.45. The van der Waals surface area contributed by atoms with Crippen molar-refractivity contribution in [2.24, 2.45) is 5.92 Å². The number of methoxy groups -OCH3 is 1. The minimum Gasteiger partial charge on any atom is -0.469 e. The van der Waals surface area contributed by atoms with E-state index in [1.807, 2.05) is 25.1 Å². The van der Waals surface area contributed by atoms with E-state index in [9.17, 15) is 19.2 Å². The average Bonchev–Trinajstić information content (AvgIpc) is 3.22. The van der Waals surface area contributed by atoms with Crippen LogP contribution in [-0.2, 0) is 28.8 Å². The van der Waals surface area contributed by atoms with E-state index < -0.39 is 23.3 Å². The number of benzene rings is 1. The second kappa shape index (κ2) is 8.54. The number of carbonyl (C=O) groups is 4. The molecule has 3 aliphatic heterocycles. The molecule has 1 aromatic carbocycles. The van der Waals surface area contributed by atoms with Crippen LogP contribution in [0.25, 0.3) is 0 Å². The molecule has 2 saturated heterocycles. The number of likely N-dealkylation sites (tertiary alicyclic amines) is 1. The minimum absolute atomic E-state index is 0.0407. The van der Waals surface area contributed by atoms with E-state index in [1.54, 1.807) is 11.8 Å². The number of amides is 3. The number of fused-ring (bicyclic) bond motifs is 1. The van der Waals surface area contributed by atoms with E-state index in [0.717, 1.165) is 16.8 Å². The van der Waals surface area contributed by atoms with Gasteiger partial charge in [0, 0.05) is 31.6 Å². The highest BCUT2D eigenvalue weighted by molar-refractivity contribution is 6.05. The average molecular weight is 444 g/mol. The zero-order valence-corrected chi connectivity index (χ0v) is 18.7. The van der Waals surface area contributed by atoms with Gasteiger partial charge in [0.05, 0.1) is 31.1 Å². The molecule has 3 heterocycles. The number of ether oxygens (including phenoxy) is 1. The van der Waals surface area contributed by atoms with Crippen LogP contribution >= 0.6 is 0 Å². The van der Waals surface area contributed by atoms with Gasteiger partial charge in [-0.25, -0.2) is 5.06 Å². The molecule has 2 unspecified atom stereocenters. The number of aryl methyl sites for hydroxylation is 1. The number of nitrogens with one attached hydrogen (secondary N) is 1. The fourth-order valence-electron chi connectivity index (χ4n) is 5.26. The third kappa shape index (κ3) is 3.64. The lowest BCUT2D eigenvalue weighted by Crippen LogP contribution is -2.58. The Balaban J connectivity index is 1.47. The third-order valence-electron chi connectivity index (χ3n) is 6.92. The number of hydroxylamine groups is 2. The molecule has 2 fully saturated rings. The van der Waals surface area contributed by atoms with Gasteiger partial charge in [-0.05, 0) is 38.3 Å². The Labute approximate surface area is 187 Å². The Morgan fingerprint density at radius 1 is 1.22 bits per heavy atom. The van der Waals surface area contributed by atoms with Gasteiger partial charge >= 0.3 is 5.97 Å². The lowest BCUT2D eigenvalue weighted by molar-refractivity contribution is -0.221. The van der Waals surface area contributed by atoms with Gasteiger partial charge in [0.25, 0.3) is 0 Å². The molecule has 1 spiro atoms. The molecule has 0 saturated carbocycles. The summed E-state index contributed by atoms with van der Waals surface area (Å²) in [5.41, 5.74) is 1.83. The maximum absolute atomic E-state index is 13.1. The molecule has 1 N–H and O–H groups in total. The summed E-state index contributed by atoms with van der Waals surface area (Å²) in [5.74, 6) is -2.09. The Kier molecular flexibility index (Phi) is 5.94. The summed E-state index contributed by atoms with van der Waals surface area (Å²) in [5, 5.41) is 4.20. The maximum atomic E-state index is 13.1. The highest BCUT2D eigenvalue weighted by Crippen LogP contribution is 2.45. The van der Waals surface area contributed by atoms with Crippen LogP contribution in [-0.4, -0.2) is 66.0 Å². The molecule has 172 valence electrons. The predicted octanol–water partition coefficient (Wildman–Crippen LogP) is 1.76. The molecule has 32 heavy (non-hydrogen) atoms. The molecule has 0 aromatic heterocycles. The summed E-state index contributed by atoms with van der Waals surface area (Å²) in [6.07, 6.45) is 0.955. The Hall–Kier alpha value is -2.94. The van der Waals surface area contributed by atoms with Gasteiger partial charge in [-0.1, -0.05) is 17.7 Å². The number of nitrogens with zero attached hydrogens (tertiary/aromatic N) is 2. The molecule has 3 aliphatic rings. The van der Waals surface area contributed by atoms with Crippen LogP contribution in [0.5, 0.6) is 0 Å². The molecule has 9 nitrogen and oxygen atoms in total. The van der Waals surface area contributed by atoms with Crippen molar-refractivity contribution in [3.63, 3.8) is 0 Å². The summed E-state index contributed by atoms with van der Waals surface area (Å²) in [7, 11) is 1.31. The monoisotopic (exact) mass is 443 g/mol. The van der Waals surface area contributed by atoms with Gasteiger partial charge in [-0.15, -0.1) is 0 Å². The van der Waals surface area contributed by atoms with Crippen LogP contribution in [0, 0.1) is 12.8 Å².